The number of aromatic nitrogens is 1. The van der Waals surface area contributed by atoms with Gasteiger partial charge in [-0.25, -0.2) is 0 Å². The molecule has 1 aromatic heterocycles. The third kappa shape index (κ3) is 2.88. The van der Waals surface area contributed by atoms with Crippen molar-refractivity contribution in [1.82, 2.24) is 14.2 Å². The van der Waals surface area contributed by atoms with E-state index in [1.807, 2.05) is 29.2 Å². The number of benzene rings is 1. The molecule has 6 nitrogen and oxygen atoms in total. The highest BCUT2D eigenvalue weighted by atomic mass is 32.1. The van der Waals surface area contributed by atoms with Gasteiger partial charge in [0.15, 0.2) is 0 Å². The van der Waals surface area contributed by atoms with Crippen LogP contribution in [0.25, 0.3) is 10.1 Å². The van der Waals surface area contributed by atoms with Gasteiger partial charge in [0.25, 0.3) is 0 Å². The molecule has 2 amide bonds. The Morgan fingerprint density at radius 2 is 1.96 bits per heavy atom. The normalized spacial score (nSPS) is 20.0. The van der Waals surface area contributed by atoms with Gasteiger partial charge in [0.2, 0.25) is 11.8 Å². The summed E-state index contributed by atoms with van der Waals surface area (Å²) in [6, 6.07) is 7.71. The van der Waals surface area contributed by atoms with Crippen LogP contribution < -0.4 is 4.90 Å². The van der Waals surface area contributed by atoms with E-state index in [2.05, 4.69) is 28.0 Å². The molecule has 0 aliphatic carbocycles. The third-order valence-electron chi connectivity index (χ3n) is 4.92. The largest absolute Gasteiger partial charge is 0.352 e. The minimum atomic E-state index is -0.507. The van der Waals surface area contributed by atoms with Gasteiger partial charge >= 0.3 is 0 Å². The zero-order valence-corrected chi connectivity index (χ0v) is 15.2. The predicted octanol–water partition coefficient (Wildman–Crippen LogP) is 1.90. The second-order valence-electron chi connectivity index (χ2n) is 6.38. The Kier molecular flexibility index (Phi) is 4.46. The van der Waals surface area contributed by atoms with Crippen LogP contribution in [0.5, 0.6) is 0 Å². The number of carbonyl (C=O) groups is 2. The van der Waals surface area contributed by atoms with Crippen molar-refractivity contribution in [3.05, 3.63) is 49.1 Å². The highest BCUT2D eigenvalue weighted by Crippen LogP contribution is 2.30. The van der Waals surface area contributed by atoms with Crippen LogP contribution in [0.3, 0.4) is 0 Å². The number of piperazine rings is 1. The van der Waals surface area contributed by atoms with Gasteiger partial charge in [-0.15, -0.1) is 0 Å². The fourth-order valence-corrected chi connectivity index (χ4v) is 4.30. The minimum Gasteiger partial charge on any atom is -0.352 e. The quantitative estimate of drug-likeness (QED) is 0.613. The Balaban J connectivity index is 1.43. The number of rotatable bonds is 3. The van der Waals surface area contributed by atoms with Crippen molar-refractivity contribution in [2.45, 2.75) is 6.04 Å². The molecule has 1 aromatic carbocycles. The molecule has 2 aliphatic rings. The summed E-state index contributed by atoms with van der Waals surface area (Å²) in [5.41, 5.74) is 0. The van der Waals surface area contributed by atoms with E-state index in [9.17, 15) is 9.59 Å². The predicted molar refractivity (Wildman–Crippen MR) is 103 cm³/mol. The first-order valence-electron chi connectivity index (χ1n) is 8.67. The van der Waals surface area contributed by atoms with Gasteiger partial charge in [-0.1, -0.05) is 30.9 Å². The molecule has 0 radical (unpaired) electrons. The van der Waals surface area contributed by atoms with Gasteiger partial charge in [0.1, 0.15) is 11.9 Å². The molecule has 0 saturated carbocycles. The van der Waals surface area contributed by atoms with E-state index in [-0.39, 0.29) is 11.8 Å². The maximum Gasteiger partial charge on any atom is 0.249 e. The maximum atomic E-state index is 12.9. The topological polar surface area (TPSA) is 56.8 Å². The molecule has 1 saturated heterocycles. The van der Waals surface area contributed by atoms with Crippen molar-refractivity contribution in [2.75, 3.05) is 37.6 Å². The van der Waals surface area contributed by atoms with Crippen molar-refractivity contribution in [2.24, 2.45) is 0 Å². The van der Waals surface area contributed by atoms with E-state index in [1.54, 1.807) is 4.90 Å². The maximum absolute atomic E-state index is 12.9. The number of carbonyl (C=O) groups excluding carboxylic acids is 2. The summed E-state index contributed by atoms with van der Waals surface area (Å²) in [7, 11) is 0. The molecule has 1 fully saturated rings. The Morgan fingerprint density at radius 3 is 2.73 bits per heavy atom. The highest BCUT2D eigenvalue weighted by molar-refractivity contribution is 7.13. The lowest BCUT2D eigenvalue weighted by molar-refractivity contribution is -0.140. The first-order chi connectivity index (χ1) is 12.7. The summed E-state index contributed by atoms with van der Waals surface area (Å²) in [5, 5.41) is 1.17. The number of nitrogens with zero attached hydrogens (tertiary/aromatic N) is 4. The molecular weight excluding hydrogens is 348 g/mol. The van der Waals surface area contributed by atoms with Gasteiger partial charge in [-0.05, 0) is 29.7 Å². The zero-order valence-electron chi connectivity index (χ0n) is 14.4. The van der Waals surface area contributed by atoms with Crippen LogP contribution in [0.1, 0.15) is 0 Å². The molecule has 2 aromatic rings. The van der Waals surface area contributed by atoms with Crippen LogP contribution in [0.4, 0.5) is 5.82 Å². The molecule has 3 heterocycles. The zero-order chi connectivity index (χ0) is 18.1. The van der Waals surface area contributed by atoms with Gasteiger partial charge in [0.05, 0.1) is 4.70 Å². The van der Waals surface area contributed by atoms with Crippen molar-refractivity contribution in [1.29, 1.82) is 0 Å². The number of hydrogen-bond acceptors (Lipinski definition) is 5. The molecule has 2 aliphatic heterocycles. The molecule has 26 heavy (non-hydrogen) atoms. The lowest BCUT2D eigenvalue weighted by Crippen LogP contribution is -2.54. The van der Waals surface area contributed by atoms with Crippen LogP contribution in [-0.4, -0.2) is 64.8 Å². The monoisotopic (exact) mass is 368 g/mol. The highest BCUT2D eigenvalue weighted by Gasteiger charge is 2.34. The first-order valence-corrected chi connectivity index (χ1v) is 9.44. The summed E-state index contributed by atoms with van der Waals surface area (Å²) >= 11 is 1.51. The fraction of sp³-hybridized carbons (Fsp3) is 0.316. The van der Waals surface area contributed by atoms with E-state index in [4.69, 9.17) is 0 Å². The lowest BCUT2D eigenvalue weighted by Gasteiger charge is -2.37. The Hall–Kier alpha value is -2.67. The summed E-state index contributed by atoms with van der Waals surface area (Å²) in [6.07, 6.45) is 4.93. The molecule has 0 bridgehead atoms. The van der Waals surface area contributed by atoms with Crippen LogP contribution in [-0.2, 0) is 9.59 Å². The van der Waals surface area contributed by atoms with E-state index in [0.29, 0.717) is 19.6 Å². The summed E-state index contributed by atoms with van der Waals surface area (Å²) in [4.78, 5) is 30.4. The molecule has 134 valence electrons. The molecule has 0 spiro atoms. The number of hydrogen-bond donors (Lipinski definition) is 0. The summed E-state index contributed by atoms with van der Waals surface area (Å²) in [5.74, 6) is 0.777. The number of amides is 2. The fourth-order valence-electron chi connectivity index (χ4n) is 3.51. The van der Waals surface area contributed by atoms with E-state index in [0.717, 1.165) is 18.9 Å². The molecule has 4 rings (SSSR count). The summed E-state index contributed by atoms with van der Waals surface area (Å²) < 4.78 is 5.78. The van der Waals surface area contributed by atoms with Crippen molar-refractivity contribution >= 4 is 39.3 Å². The Labute approximate surface area is 156 Å². The Morgan fingerprint density at radius 1 is 1.19 bits per heavy atom. The van der Waals surface area contributed by atoms with Crippen molar-refractivity contribution < 1.29 is 9.59 Å². The second kappa shape index (κ2) is 6.92. The molecule has 7 heteroatoms. The van der Waals surface area contributed by atoms with E-state index >= 15 is 0 Å². The number of anilines is 1. The van der Waals surface area contributed by atoms with Gasteiger partial charge in [-0.2, -0.15) is 4.37 Å². The van der Waals surface area contributed by atoms with Gasteiger partial charge in [0, 0.05) is 38.1 Å². The molecular formula is C19H20N4O2S. The SMILES string of the molecule is C=CC(=O)N1CC=C[C@H]1C(=O)N1CCN(c2nsc3ccccc23)CC1. The standard InChI is InChI=1S/C19H20N4O2S/c1-2-17(24)23-9-5-7-15(23)19(25)22-12-10-21(11-13-22)18-14-6-3-4-8-16(14)26-20-18/h2-8,15H,1,9-13H2/t15-/m0/s1. The lowest BCUT2D eigenvalue weighted by atomic mass is 10.2. The second-order valence-corrected chi connectivity index (χ2v) is 7.19. The third-order valence-corrected chi connectivity index (χ3v) is 5.73. The summed E-state index contributed by atoms with van der Waals surface area (Å²) in [6.45, 7) is 6.73. The average molecular weight is 368 g/mol. The van der Waals surface area contributed by atoms with Crippen LogP contribution in [0, 0.1) is 0 Å². The van der Waals surface area contributed by atoms with Crippen LogP contribution in [0.2, 0.25) is 0 Å². The van der Waals surface area contributed by atoms with Crippen LogP contribution >= 0.6 is 11.5 Å². The first kappa shape index (κ1) is 16.8. The van der Waals surface area contributed by atoms with E-state index in [1.165, 1.54) is 27.7 Å². The number of fused-ring (bicyclic) bond motifs is 1. The molecule has 0 unspecified atom stereocenters. The van der Waals surface area contributed by atoms with Crippen LogP contribution in [0.15, 0.2) is 49.1 Å². The molecule has 1 atom stereocenters. The van der Waals surface area contributed by atoms with Gasteiger partial charge in [-0.3, -0.25) is 9.59 Å². The average Bonchev–Trinajstić information content (AvgIpc) is 3.34. The van der Waals surface area contributed by atoms with E-state index < -0.39 is 6.04 Å². The smallest absolute Gasteiger partial charge is 0.249 e. The van der Waals surface area contributed by atoms with Gasteiger partial charge < -0.3 is 14.7 Å². The molecule has 0 N–H and O–H groups in total. The minimum absolute atomic E-state index is 0.0169. The van der Waals surface area contributed by atoms with Crippen molar-refractivity contribution in [3.63, 3.8) is 0 Å². The van der Waals surface area contributed by atoms with Crippen molar-refractivity contribution in [3.8, 4) is 0 Å². The Bertz CT molecular complexity index is 883.